The van der Waals surface area contributed by atoms with Gasteiger partial charge in [0.25, 0.3) is 0 Å². The van der Waals surface area contributed by atoms with Crippen molar-refractivity contribution in [3.8, 4) is 0 Å². The van der Waals surface area contributed by atoms with Crippen LogP contribution in [0.2, 0.25) is 0 Å². The summed E-state index contributed by atoms with van der Waals surface area (Å²) in [5.74, 6) is 1.04. The van der Waals surface area contributed by atoms with E-state index in [0.717, 1.165) is 47.7 Å². The summed E-state index contributed by atoms with van der Waals surface area (Å²) < 4.78 is 6.44. The molecule has 23 heavy (non-hydrogen) atoms. The Hall–Kier alpha value is -1.38. The average Bonchev–Trinajstić information content (AvgIpc) is 3.04. The molecule has 1 N–H and O–H groups in total. The fourth-order valence-corrected chi connectivity index (χ4v) is 3.21. The molecule has 1 aliphatic rings. The predicted octanol–water partition coefficient (Wildman–Crippen LogP) is 2.64. The molecular weight excluding hydrogens is 405 g/mol. The molecule has 1 aromatic heterocycles. The van der Waals surface area contributed by atoms with Gasteiger partial charge in [-0.3, -0.25) is 14.6 Å². The Labute approximate surface area is 149 Å². The fraction of sp³-hybridized carbons (Fsp3) is 0.353. The highest BCUT2D eigenvalue weighted by Crippen LogP contribution is 2.17. The van der Waals surface area contributed by atoms with Crippen molar-refractivity contribution in [2.75, 3.05) is 38.0 Å². The molecule has 1 fully saturated rings. The molecule has 1 saturated heterocycles. The Morgan fingerprint density at radius 3 is 2.52 bits per heavy atom. The topological polar surface area (TPSA) is 48.7 Å². The van der Waals surface area contributed by atoms with Crippen molar-refractivity contribution >= 4 is 34.2 Å². The number of nitrogens with zero attached hydrogens (tertiary/aromatic N) is 2. The Bertz CT molecular complexity index is 637. The van der Waals surface area contributed by atoms with E-state index in [1.54, 1.807) is 6.26 Å². The fourth-order valence-electron chi connectivity index (χ4n) is 2.68. The van der Waals surface area contributed by atoms with E-state index in [-0.39, 0.29) is 5.91 Å². The van der Waals surface area contributed by atoms with E-state index in [0.29, 0.717) is 6.54 Å². The van der Waals surface area contributed by atoms with Crippen LogP contribution in [0.3, 0.4) is 0 Å². The summed E-state index contributed by atoms with van der Waals surface area (Å²) in [4.78, 5) is 16.7. The van der Waals surface area contributed by atoms with Gasteiger partial charge in [0.1, 0.15) is 5.76 Å². The number of nitrogens with one attached hydrogen (secondary N) is 1. The van der Waals surface area contributed by atoms with Gasteiger partial charge in [-0.25, -0.2) is 0 Å². The molecular formula is C17H20IN3O2. The number of anilines is 1. The van der Waals surface area contributed by atoms with Gasteiger partial charge < -0.3 is 9.73 Å². The Morgan fingerprint density at radius 1 is 1.09 bits per heavy atom. The Balaban J connectivity index is 1.43. The maximum Gasteiger partial charge on any atom is 0.238 e. The Morgan fingerprint density at radius 2 is 1.83 bits per heavy atom. The van der Waals surface area contributed by atoms with Crippen molar-refractivity contribution < 1.29 is 9.21 Å². The van der Waals surface area contributed by atoms with Crippen molar-refractivity contribution in [1.29, 1.82) is 0 Å². The predicted molar refractivity (Wildman–Crippen MR) is 98.2 cm³/mol. The second kappa shape index (κ2) is 7.94. The minimum Gasteiger partial charge on any atom is -0.468 e. The zero-order valence-corrected chi connectivity index (χ0v) is 15.0. The number of hydrogen-bond acceptors (Lipinski definition) is 4. The van der Waals surface area contributed by atoms with Gasteiger partial charge in [0.2, 0.25) is 5.91 Å². The summed E-state index contributed by atoms with van der Waals surface area (Å²) in [5.41, 5.74) is 0.884. The third-order valence-corrected chi connectivity index (χ3v) is 4.88. The molecule has 1 aromatic carbocycles. The lowest BCUT2D eigenvalue weighted by Crippen LogP contribution is -2.48. The second-order valence-corrected chi connectivity index (χ2v) is 6.82. The second-order valence-electron chi connectivity index (χ2n) is 5.66. The first-order valence-corrected chi connectivity index (χ1v) is 8.80. The van der Waals surface area contributed by atoms with Crippen LogP contribution in [0.1, 0.15) is 5.76 Å². The first-order chi connectivity index (χ1) is 11.2. The zero-order valence-electron chi connectivity index (χ0n) is 12.9. The van der Waals surface area contributed by atoms with Crippen LogP contribution in [0.25, 0.3) is 0 Å². The number of amides is 1. The van der Waals surface area contributed by atoms with E-state index in [9.17, 15) is 4.79 Å². The summed E-state index contributed by atoms with van der Waals surface area (Å²) in [6.45, 7) is 5.00. The minimum absolute atomic E-state index is 0.0496. The normalized spacial score (nSPS) is 16.4. The number of carbonyl (C=O) groups excluding carboxylic acids is 1. The Kier molecular flexibility index (Phi) is 5.69. The van der Waals surface area contributed by atoms with Gasteiger partial charge in [0, 0.05) is 29.7 Å². The highest BCUT2D eigenvalue weighted by Gasteiger charge is 2.19. The van der Waals surface area contributed by atoms with E-state index in [1.807, 2.05) is 36.4 Å². The molecule has 2 aromatic rings. The van der Waals surface area contributed by atoms with Crippen molar-refractivity contribution in [2.24, 2.45) is 0 Å². The van der Waals surface area contributed by atoms with Gasteiger partial charge >= 0.3 is 0 Å². The van der Waals surface area contributed by atoms with Crippen LogP contribution in [-0.4, -0.2) is 48.4 Å². The highest BCUT2D eigenvalue weighted by atomic mass is 127. The van der Waals surface area contributed by atoms with Crippen molar-refractivity contribution in [1.82, 2.24) is 9.80 Å². The van der Waals surface area contributed by atoms with Gasteiger partial charge in [-0.1, -0.05) is 12.1 Å². The molecule has 5 nitrogen and oxygen atoms in total. The lowest BCUT2D eigenvalue weighted by molar-refractivity contribution is -0.117. The van der Waals surface area contributed by atoms with Gasteiger partial charge in [-0.15, -0.1) is 0 Å². The van der Waals surface area contributed by atoms with Gasteiger partial charge in [0.15, 0.2) is 0 Å². The molecule has 0 aliphatic carbocycles. The molecule has 0 unspecified atom stereocenters. The monoisotopic (exact) mass is 425 g/mol. The van der Waals surface area contributed by atoms with E-state index in [4.69, 9.17) is 4.42 Å². The van der Waals surface area contributed by atoms with E-state index >= 15 is 0 Å². The minimum atomic E-state index is 0.0496. The lowest BCUT2D eigenvalue weighted by Gasteiger charge is -2.33. The van der Waals surface area contributed by atoms with Gasteiger partial charge in [-0.2, -0.15) is 0 Å². The number of carbonyl (C=O) groups is 1. The molecule has 0 spiro atoms. The number of para-hydroxylation sites is 1. The van der Waals surface area contributed by atoms with E-state index in [1.165, 1.54) is 0 Å². The first-order valence-electron chi connectivity index (χ1n) is 7.72. The molecule has 122 valence electrons. The van der Waals surface area contributed by atoms with Gasteiger partial charge in [0.05, 0.1) is 25.0 Å². The summed E-state index contributed by atoms with van der Waals surface area (Å²) >= 11 is 2.23. The van der Waals surface area contributed by atoms with E-state index < -0.39 is 0 Å². The maximum atomic E-state index is 12.2. The highest BCUT2D eigenvalue weighted by molar-refractivity contribution is 14.1. The van der Waals surface area contributed by atoms with Crippen molar-refractivity contribution in [2.45, 2.75) is 6.54 Å². The van der Waals surface area contributed by atoms with Crippen LogP contribution in [-0.2, 0) is 11.3 Å². The van der Waals surface area contributed by atoms with Crippen LogP contribution in [0.15, 0.2) is 47.1 Å². The number of piperazine rings is 1. The largest absolute Gasteiger partial charge is 0.468 e. The number of hydrogen-bond donors (Lipinski definition) is 1. The quantitative estimate of drug-likeness (QED) is 0.749. The van der Waals surface area contributed by atoms with Crippen LogP contribution in [0.4, 0.5) is 5.69 Å². The molecule has 0 saturated carbocycles. The molecule has 0 bridgehead atoms. The number of furan rings is 1. The van der Waals surface area contributed by atoms with E-state index in [2.05, 4.69) is 37.7 Å². The first kappa shape index (κ1) is 16.5. The number of rotatable bonds is 5. The third-order valence-electron chi connectivity index (χ3n) is 3.94. The molecule has 1 amide bonds. The van der Waals surface area contributed by atoms with Crippen LogP contribution in [0.5, 0.6) is 0 Å². The summed E-state index contributed by atoms with van der Waals surface area (Å²) in [6, 6.07) is 11.7. The summed E-state index contributed by atoms with van der Waals surface area (Å²) in [7, 11) is 0. The standard InChI is InChI=1S/C17H20IN3O2/c18-15-5-1-2-6-16(15)19-17(22)13-21-9-7-20(8-10-21)12-14-4-3-11-23-14/h1-6,11H,7-10,12-13H2,(H,19,22). The van der Waals surface area contributed by atoms with Crippen molar-refractivity contribution in [3.05, 3.63) is 52.0 Å². The van der Waals surface area contributed by atoms with Crippen molar-refractivity contribution in [3.63, 3.8) is 0 Å². The molecule has 0 atom stereocenters. The van der Waals surface area contributed by atoms with Gasteiger partial charge in [-0.05, 0) is 46.9 Å². The third kappa shape index (κ3) is 4.79. The summed E-state index contributed by atoms with van der Waals surface area (Å²) in [6.07, 6.45) is 1.71. The number of halogens is 1. The maximum absolute atomic E-state index is 12.2. The molecule has 1 aliphatic heterocycles. The molecule has 2 heterocycles. The van der Waals surface area contributed by atoms with Crippen LogP contribution >= 0.6 is 22.6 Å². The SMILES string of the molecule is O=C(CN1CCN(Cc2ccco2)CC1)Nc1ccccc1I. The zero-order chi connectivity index (χ0) is 16.1. The molecule has 3 rings (SSSR count). The smallest absolute Gasteiger partial charge is 0.238 e. The molecule has 0 radical (unpaired) electrons. The summed E-state index contributed by atoms with van der Waals surface area (Å²) in [5, 5.41) is 2.99. The lowest BCUT2D eigenvalue weighted by atomic mass is 10.3. The average molecular weight is 425 g/mol. The van der Waals surface area contributed by atoms with Crippen LogP contribution < -0.4 is 5.32 Å². The molecule has 6 heteroatoms. The number of benzene rings is 1. The van der Waals surface area contributed by atoms with Crippen LogP contribution in [0, 0.1) is 3.57 Å².